The first-order valence-electron chi connectivity index (χ1n) is 6.87. The number of nitrogens with zero attached hydrogens (tertiary/aromatic N) is 2. The van der Waals surface area contributed by atoms with E-state index < -0.39 is 9.04 Å². The van der Waals surface area contributed by atoms with Crippen molar-refractivity contribution in [3.8, 4) is 11.8 Å². The Labute approximate surface area is 132 Å². The first kappa shape index (κ1) is 15.9. The Morgan fingerprint density at radius 2 is 1.90 bits per heavy atom. The zero-order valence-corrected chi connectivity index (χ0v) is 15.1. The van der Waals surface area contributed by atoms with Crippen LogP contribution < -0.4 is 4.43 Å². The molecular formula is C16H20ClN2OSi. The fraction of sp³-hybridized carbons (Fsp3) is 0.438. The minimum Gasteiger partial charge on any atom is -0.541 e. The summed E-state index contributed by atoms with van der Waals surface area (Å²) in [5, 5.41) is 10.7. The quantitative estimate of drug-likeness (QED) is 0.757. The molecule has 1 heterocycles. The highest BCUT2D eigenvalue weighted by Gasteiger charge is 2.27. The standard InChI is InChI=1S/C16H20ClN2OSi/c1-16(2,3)15-14(20-21(5)6)11-7-10(9-18)12(17)8-13(11)19(15)4/h7-8H,1-6H3. The molecule has 21 heavy (non-hydrogen) atoms. The summed E-state index contributed by atoms with van der Waals surface area (Å²) in [6.45, 7) is 10.7. The van der Waals surface area contributed by atoms with E-state index in [1.54, 1.807) is 0 Å². The second-order valence-electron chi connectivity index (χ2n) is 6.46. The topological polar surface area (TPSA) is 38.0 Å². The molecule has 0 saturated heterocycles. The van der Waals surface area contributed by atoms with Gasteiger partial charge in [-0.05, 0) is 25.2 Å². The Morgan fingerprint density at radius 3 is 2.38 bits per heavy atom. The molecule has 1 radical (unpaired) electrons. The highest BCUT2D eigenvalue weighted by atomic mass is 35.5. The summed E-state index contributed by atoms with van der Waals surface area (Å²) >= 11 is 6.19. The maximum atomic E-state index is 9.21. The number of aryl methyl sites for hydroxylation is 1. The lowest BCUT2D eigenvalue weighted by Crippen LogP contribution is -2.20. The molecule has 2 aromatic rings. The summed E-state index contributed by atoms with van der Waals surface area (Å²) in [5.74, 6) is 0.895. The highest BCUT2D eigenvalue weighted by molar-refractivity contribution is 6.49. The number of benzene rings is 1. The van der Waals surface area contributed by atoms with Crippen LogP contribution in [0, 0.1) is 11.3 Å². The molecule has 0 aliphatic carbocycles. The van der Waals surface area contributed by atoms with Crippen molar-refractivity contribution in [1.82, 2.24) is 4.57 Å². The molecular weight excluding hydrogens is 300 g/mol. The van der Waals surface area contributed by atoms with E-state index in [0.717, 1.165) is 22.3 Å². The van der Waals surface area contributed by atoms with Crippen molar-refractivity contribution in [1.29, 1.82) is 5.26 Å². The van der Waals surface area contributed by atoms with E-state index in [4.69, 9.17) is 16.0 Å². The van der Waals surface area contributed by atoms with Gasteiger partial charge in [0.15, 0.2) is 0 Å². The lowest BCUT2D eigenvalue weighted by molar-refractivity contribution is 0.498. The van der Waals surface area contributed by atoms with E-state index in [1.165, 1.54) is 0 Å². The number of aromatic nitrogens is 1. The molecule has 2 rings (SSSR count). The molecule has 0 saturated carbocycles. The van der Waals surface area contributed by atoms with Crippen molar-refractivity contribution in [2.75, 3.05) is 0 Å². The van der Waals surface area contributed by atoms with Gasteiger partial charge in [-0.25, -0.2) is 0 Å². The third kappa shape index (κ3) is 2.81. The van der Waals surface area contributed by atoms with Crippen LogP contribution in [0.3, 0.4) is 0 Å². The average molecular weight is 320 g/mol. The molecule has 5 heteroatoms. The van der Waals surface area contributed by atoms with E-state index >= 15 is 0 Å². The Hall–Kier alpha value is -1.44. The van der Waals surface area contributed by atoms with E-state index in [2.05, 4.69) is 44.5 Å². The summed E-state index contributed by atoms with van der Waals surface area (Å²) in [7, 11) is 1.12. The van der Waals surface area contributed by atoms with Crippen molar-refractivity contribution in [3.63, 3.8) is 0 Å². The van der Waals surface area contributed by atoms with Crippen LogP contribution in [0.4, 0.5) is 0 Å². The number of nitriles is 1. The zero-order chi connectivity index (χ0) is 15.9. The maximum Gasteiger partial charge on any atom is 0.274 e. The second kappa shape index (κ2) is 5.40. The molecule has 0 fully saturated rings. The first-order valence-corrected chi connectivity index (χ1v) is 9.66. The lowest BCUT2D eigenvalue weighted by Gasteiger charge is -2.23. The van der Waals surface area contributed by atoms with Gasteiger partial charge in [0.25, 0.3) is 9.04 Å². The fourth-order valence-electron chi connectivity index (χ4n) is 2.66. The summed E-state index contributed by atoms with van der Waals surface area (Å²) in [6, 6.07) is 5.84. The van der Waals surface area contributed by atoms with Gasteiger partial charge in [-0.3, -0.25) is 0 Å². The molecule has 1 aromatic heterocycles. The Bertz CT molecular complexity index is 736. The Morgan fingerprint density at radius 1 is 1.29 bits per heavy atom. The van der Waals surface area contributed by atoms with Gasteiger partial charge in [0.2, 0.25) is 0 Å². The molecule has 0 aliphatic rings. The smallest absolute Gasteiger partial charge is 0.274 e. The average Bonchev–Trinajstić information content (AvgIpc) is 2.60. The van der Waals surface area contributed by atoms with Gasteiger partial charge < -0.3 is 8.99 Å². The number of fused-ring (bicyclic) bond motifs is 1. The summed E-state index contributed by atoms with van der Waals surface area (Å²) in [5.41, 5.74) is 2.57. The number of hydrogen-bond acceptors (Lipinski definition) is 2. The van der Waals surface area contributed by atoms with Crippen LogP contribution in [0.1, 0.15) is 32.0 Å². The van der Waals surface area contributed by atoms with E-state index in [-0.39, 0.29) is 5.41 Å². The molecule has 3 nitrogen and oxygen atoms in total. The number of hydrogen-bond donors (Lipinski definition) is 0. The minimum atomic E-state index is -0.904. The predicted octanol–water partition coefficient (Wildman–Crippen LogP) is 4.63. The van der Waals surface area contributed by atoms with Gasteiger partial charge in [-0.2, -0.15) is 5.26 Å². The van der Waals surface area contributed by atoms with Crippen molar-refractivity contribution < 1.29 is 4.43 Å². The van der Waals surface area contributed by atoms with Gasteiger partial charge in [-0.15, -0.1) is 0 Å². The predicted molar refractivity (Wildman–Crippen MR) is 89.5 cm³/mol. The van der Waals surface area contributed by atoms with E-state index in [1.807, 2.05) is 19.2 Å². The summed E-state index contributed by atoms with van der Waals surface area (Å²) < 4.78 is 8.30. The largest absolute Gasteiger partial charge is 0.541 e. The fourth-order valence-corrected chi connectivity index (χ4v) is 3.47. The molecule has 1 aromatic carbocycles. The summed E-state index contributed by atoms with van der Waals surface area (Å²) in [6.07, 6.45) is 0. The van der Waals surface area contributed by atoms with Crippen LogP contribution in [0.2, 0.25) is 18.1 Å². The van der Waals surface area contributed by atoms with Gasteiger partial charge >= 0.3 is 0 Å². The molecule has 0 atom stereocenters. The van der Waals surface area contributed by atoms with Crippen LogP contribution in [-0.2, 0) is 12.5 Å². The normalized spacial score (nSPS) is 12.0. The van der Waals surface area contributed by atoms with Crippen molar-refractivity contribution in [2.24, 2.45) is 7.05 Å². The monoisotopic (exact) mass is 319 g/mol. The van der Waals surface area contributed by atoms with Crippen LogP contribution in [0.25, 0.3) is 10.9 Å². The third-order valence-corrected chi connectivity index (χ3v) is 4.30. The van der Waals surface area contributed by atoms with Gasteiger partial charge in [-0.1, -0.05) is 32.4 Å². The SMILES string of the molecule is Cn1c(C(C)(C)C)c(O[Si](C)C)c2cc(C#N)c(Cl)cc21. The molecule has 111 valence electrons. The highest BCUT2D eigenvalue weighted by Crippen LogP contribution is 2.41. The maximum absolute atomic E-state index is 9.21. The van der Waals surface area contributed by atoms with Gasteiger partial charge in [0.1, 0.15) is 11.8 Å². The van der Waals surface area contributed by atoms with Crippen molar-refractivity contribution in [2.45, 2.75) is 39.3 Å². The van der Waals surface area contributed by atoms with Crippen LogP contribution in [0.5, 0.6) is 5.75 Å². The molecule has 0 unspecified atom stereocenters. The van der Waals surface area contributed by atoms with Crippen molar-refractivity contribution >= 4 is 31.5 Å². The molecule has 0 aliphatic heterocycles. The number of rotatable bonds is 2. The summed E-state index contributed by atoms with van der Waals surface area (Å²) in [4.78, 5) is 0. The third-order valence-electron chi connectivity index (χ3n) is 3.38. The Balaban J connectivity index is 2.89. The zero-order valence-electron chi connectivity index (χ0n) is 13.3. The van der Waals surface area contributed by atoms with E-state index in [9.17, 15) is 5.26 Å². The lowest BCUT2D eigenvalue weighted by atomic mass is 9.91. The molecule has 0 N–H and O–H groups in total. The van der Waals surface area contributed by atoms with Crippen molar-refractivity contribution in [3.05, 3.63) is 28.4 Å². The first-order chi connectivity index (χ1) is 9.66. The molecule has 0 amide bonds. The van der Waals surface area contributed by atoms with E-state index in [0.29, 0.717) is 10.6 Å². The molecule has 0 bridgehead atoms. The van der Waals surface area contributed by atoms with Crippen LogP contribution in [-0.4, -0.2) is 13.6 Å². The minimum absolute atomic E-state index is 0.0559. The van der Waals surface area contributed by atoms with Gasteiger partial charge in [0, 0.05) is 17.8 Å². The molecule has 0 spiro atoms. The second-order valence-corrected chi connectivity index (χ2v) is 8.89. The number of halogens is 1. The van der Waals surface area contributed by atoms with Crippen LogP contribution in [0.15, 0.2) is 12.1 Å². The van der Waals surface area contributed by atoms with Crippen LogP contribution >= 0.6 is 11.6 Å². The Kier molecular flexibility index (Phi) is 4.10. The van der Waals surface area contributed by atoms with Gasteiger partial charge in [0.05, 0.1) is 21.8 Å².